The molecule has 1 heterocycles. The summed E-state index contributed by atoms with van der Waals surface area (Å²) in [6.07, 6.45) is 2.18. The number of nitro benzene ring substituents is 2. The van der Waals surface area contributed by atoms with Crippen molar-refractivity contribution in [2.24, 2.45) is 5.92 Å². The van der Waals surface area contributed by atoms with Gasteiger partial charge in [0.2, 0.25) is 0 Å². The highest BCUT2D eigenvalue weighted by atomic mass is 35.5. The molecule has 2 aromatic carbocycles. The van der Waals surface area contributed by atoms with E-state index in [1.807, 2.05) is 6.92 Å². The number of anilines is 1. The van der Waals surface area contributed by atoms with Crippen LogP contribution in [0.2, 0.25) is 0 Å². The molecule has 33 heavy (non-hydrogen) atoms. The molecule has 2 aliphatic rings. The fourth-order valence-electron chi connectivity index (χ4n) is 5.11. The molecule has 0 bridgehead atoms. The van der Waals surface area contributed by atoms with Crippen LogP contribution in [0.15, 0.2) is 41.3 Å². The molecule has 174 valence electrons. The number of benzene rings is 2. The number of thioether (sulfide) groups is 1. The van der Waals surface area contributed by atoms with E-state index < -0.39 is 27.1 Å². The number of halogens is 1. The van der Waals surface area contributed by atoms with Crippen molar-refractivity contribution in [2.45, 2.75) is 53.7 Å². The van der Waals surface area contributed by atoms with Crippen LogP contribution in [0.3, 0.4) is 0 Å². The lowest BCUT2D eigenvalue weighted by Gasteiger charge is -2.38. The van der Waals surface area contributed by atoms with Gasteiger partial charge in [-0.1, -0.05) is 25.5 Å². The molecule has 1 fully saturated rings. The van der Waals surface area contributed by atoms with Crippen molar-refractivity contribution < 1.29 is 19.7 Å². The Morgan fingerprint density at radius 3 is 2.52 bits per heavy atom. The number of carboxylic acid groups (broad SMARTS) is 1. The molecule has 9 nitrogen and oxygen atoms in total. The molecule has 2 aromatic rings. The van der Waals surface area contributed by atoms with Crippen molar-refractivity contribution >= 4 is 46.4 Å². The summed E-state index contributed by atoms with van der Waals surface area (Å²) in [5.74, 6) is -1.68. The molecular formula is C22H22ClN3O6S. The zero-order valence-corrected chi connectivity index (χ0v) is 19.2. The number of fused-ring (bicyclic) bond motifs is 3. The lowest BCUT2D eigenvalue weighted by atomic mass is 9.76. The van der Waals surface area contributed by atoms with Crippen molar-refractivity contribution in [3.63, 3.8) is 0 Å². The first-order valence-electron chi connectivity index (χ1n) is 10.6. The number of carbonyl (C=O) groups is 1. The van der Waals surface area contributed by atoms with Gasteiger partial charge >= 0.3 is 5.97 Å². The molecule has 0 amide bonds. The first kappa shape index (κ1) is 23.3. The van der Waals surface area contributed by atoms with E-state index >= 15 is 0 Å². The molecule has 1 aliphatic carbocycles. The molecule has 11 heteroatoms. The normalized spacial score (nSPS) is 25.6. The van der Waals surface area contributed by atoms with Crippen molar-refractivity contribution in [2.75, 3.05) is 5.32 Å². The lowest BCUT2D eigenvalue weighted by molar-refractivity contribution is -0.387. The molecule has 0 spiro atoms. The quantitative estimate of drug-likeness (QED) is 0.287. The fourth-order valence-corrected chi connectivity index (χ4v) is 7.05. The highest BCUT2D eigenvalue weighted by Crippen LogP contribution is 2.57. The maximum absolute atomic E-state index is 11.9. The van der Waals surface area contributed by atoms with E-state index in [1.54, 1.807) is 18.2 Å². The molecule has 5 atom stereocenters. The van der Waals surface area contributed by atoms with E-state index in [-0.39, 0.29) is 39.8 Å². The van der Waals surface area contributed by atoms with Crippen molar-refractivity contribution in [1.29, 1.82) is 0 Å². The number of nitro groups is 2. The second-order valence-corrected chi connectivity index (χ2v) is 10.1. The van der Waals surface area contributed by atoms with Crippen LogP contribution in [0.4, 0.5) is 17.1 Å². The highest BCUT2D eigenvalue weighted by molar-refractivity contribution is 8.00. The van der Waals surface area contributed by atoms with Gasteiger partial charge in [-0.15, -0.1) is 23.4 Å². The number of para-hydroxylation sites is 1. The summed E-state index contributed by atoms with van der Waals surface area (Å²) in [5, 5.41) is 35.5. The fraction of sp³-hybridized carbons (Fsp3) is 0.409. The second kappa shape index (κ2) is 9.18. The number of nitrogens with one attached hydrogen (secondary N) is 1. The Kier molecular flexibility index (Phi) is 6.49. The summed E-state index contributed by atoms with van der Waals surface area (Å²) >= 11 is 8.26. The van der Waals surface area contributed by atoms with E-state index in [4.69, 9.17) is 11.6 Å². The SMILES string of the molecule is CCC[C@H]1Nc2c(C(=O)O)ccc([N+](=O)[O-])c2[C@H]2[C@@H](Cl)[C@@H](Sc3ccccc3[N+](=O)[O-])C[C@H]21. The molecule has 4 rings (SSSR count). The minimum atomic E-state index is -1.17. The van der Waals surface area contributed by atoms with Gasteiger partial charge in [-0.05, 0) is 30.9 Å². The average Bonchev–Trinajstić information content (AvgIpc) is 3.09. The second-order valence-electron chi connectivity index (χ2n) is 8.27. The maximum atomic E-state index is 11.9. The minimum Gasteiger partial charge on any atom is -0.478 e. The van der Waals surface area contributed by atoms with Gasteiger partial charge in [0.15, 0.2) is 0 Å². The Hall–Kier alpha value is -2.85. The predicted octanol–water partition coefficient (Wildman–Crippen LogP) is 5.67. The van der Waals surface area contributed by atoms with E-state index in [0.717, 1.165) is 12.8 Å². The van der Waals surface area contributed by atoms with Crippen LogP contribution < -0.4 is 5.32 Å². The number of nitrogens with zero attached hydrogens (tertiary/aromatic N) is 2. The zero-order valence-electron chi connectivity index (χ0n) is 17.6. The molecule has 0 radical (unpaired) electrons. The summed E-state index contributed by atoms with van der Waals surface area (Å²) in [5.41, 5.74) is 0.397. The zero-order chi connectivity index (χ0) is 23.9. The number of carboxylic acids is 1. The van der Waals surface area contributed by atoms with Crippen molar-refractivity contribution in [3.05, 3.63) is 67.8 Å². The standard InChI is InChI=1S/C22H22ClN3O6S/c1-2-5-13-12-10-17(33-16-7-4-3-6-14(16)25(29)30)20(23)18(12)19-15(26(31)32)9-8-11(22(27)28)21(19)24-13/h3-4,6-9,12-13,17-18,20,24H,2,5,10H2,1H3,(H,27,28)/t12-,13+,17-,18-,20-/m0/s1. The first-order chi connectivity index (χ1) is 15.7. The van der Waals surface area contributed by atoms with Crippen molar-refractivity contribution in [1.82, 2.24) is 0 Å². The Morgan fingerprint density at radius 2 is 1.88 bits per heavy atom. The highest BCUT2D eigenvalue weighted by Gasteiger charge is 2.52. The number of hydrogen-bond acceptors (Lipinski definition) is 7. The molecule has 0 unspecified atom stereocenters. The van der Waals surface area contributed by atoms with Crippen LogP contribution in [0.1, 0.15) is 48.0 Å². The van der Waals surface area contributed by atoms with Crippen LogP contribution in [0.25, 0.3) is 0 Å². The average molecular weight is 492 g/mol. The van der Waals surface area contributed by atoms with Gasteiger partial charge < -0.3 is 10.4 Å². The van der Waals surface area contributed by atoms with Crippen LogP contribution in [-0.2, 0) is 0 Å². The van der Waals surface area contributed by atoms with Gasteiger partial charge in [0, 0.05) is 29.3 Å². The Labute approximate surface area is 198 Å². The first-order valence-corrected chi connectivity index (χ1v) is 11.9. The van der Waals surface area contributed by atoms with Crippen molar-refractivity contribution in [3.8, 4) is 0 Å². The largest absolute Gasteiger partial charge is 0.478 e. The van der Waals surface area contributed by atoms with Gasteiger partial charge in [0.1, 0.15) is 0 Å². The summed E-state index contributed by atoms with van der Waals surface area (Å²) in [6, 6.07) is 8.82. The van der Waals surface area contributed by atoms with E-state index in [9.17, 15) is 30.1 Å². The number of hydrogen-bond donors (Lipinski definition) is 2. The third-order valence-electron chi connectivity index (χ3n) is 6.43. The van der Waals surface area contributed by atoms with Gasteiger partial charge in [0.25, 0.3) is 11.4 Å². The Balaban J connectivity index is 1.80. The summed E-state index contributed by atoms with van der Waals surface area (Å²) in [4.78, 5) is 34.8. The van der Waals surface area contributed by atoms with Crippen LogP contribution >= 0.6 is 23.4 Å². The molecule has 0 aromatic heterocycles. The Morgan fingerprint density at radius 1 is 1.18 bits per heavy atom. The van der Waals surface area contributed by atoms with E-state index in [2.05, 4.69) is 5.32 Å². The van der Waals surface area contributed by atoms with Gasteiger partial charge in [-0.3, -0.25) is 20.2 Å². The molecular weight excluding hydrogens is 470 g/mol. The van der Waals surface area contributed by atoms with Crippen LogP contribution in [-0.4, -0.2) is 37.6 Å². The van der Waals surface area contributed by atoms with Gasteiger partial charge in [-0.25, -0.2) is 4.79 Å². The van der Waals surface area contributed by atoms with E-state index in [0.29, 0.717) is 16.9 Å². The van der Waals surface area contributed by atoms with Crippen LogP contribution in [0, 0.1) is 26.1 Å². The molecule has 1 aliphatic heterocycles. The maximum Gasteiger partial charge on any atom is 0.337 e. The summed E-state index contributed by atoms with van der Waals surface area (Å²) < 4.78 is 0. The lowest BCUT2D eigenvalue weighted by Crippen LogP contribution is -2.38. The predicted molar refractivity (Wildman–Crippen MR) is 126 cm³/mol. The number of aromatic carboxylic acids is 1. The third-order valence-corrected chi connectivity index (χ3v) is 8.55. The number of alkyl halides is 1. The van der Waals surface area contributed by atoms with Gasteiger partial charge in [0.05, 0.1) is 36.9 Å². The molecule has 2 N–H and O–H groups in total. The smallest absolute Gasteiger partial charge is 0.337 e. The van der Waals surface area contributed by atoms with Crippen LogP contribution in [0.5, 0.6) is 0 Å². The Bertz CT molecular complexity index is 1130. The van der Waals surface area contributed by atoms with E-state index in [1.165, 1.54) is 30.0 Å². The molecule has 0 saturated heterocycles. The minimum absolute atomic E-state index is 0.0102. The van der Waals surface area contributed by atoms with Gasteiger partial charge in [-0.2, -0.15) is 0 Å². The number of rotatable bonds is 7. The summed E-state index contributed by atoms with van der Waals surface area (Å²) in [6.45, 7) is 2.02. The summed E-state index contributed by atoms with van der Waals surface area (Å²) in [7, 11) is 0. The topological polar surface area (TPSA) is 136 Å². The third kappa shape index (κ3) is 4.13. The molecule has 1 saturated carbocycles. The monoisotopic (exact) mass is 491 g/mol.